The first kappa shape index (κ1) is 18.6. The highest BCUT2D eigenvalue weighted by molar-refractivity contribution is 7.88. The van der Waals surface area contributed by atoms with E-state index < -0.39 is 10.0 Å². The molecular formula is C18H22N6O3S. The normalized spacial score (nSPS) is 15.9. The summed E-state index contributed by atoms with van der Waals surface area (Å²) in [5.41, 5.74) is 2.00. The van der Waals surface area contributed by atoms with E-state index in [1.165, 1.54) is 4.31 Å². The smallest absolute Gasteiger partial charge is 0.220 e. The Bertz CT molecular complexity index is 1070. The minimum atomic E-state index is -3.49. The Morgan fingerprint density at radius 3 is 2.64 bits per heavy atom. The summed E-state index contributed by atoms with van der Waals surface area (Å²) in [4.78, 5) is 4.01. The van der Waals surface area contributed by atoms with E-state index in [2.05, 4.69) is 20.3 Å². The van der Waals surface area contributed by atoms with Crippen molar-refractivity contribution in [2.45, 2.75) is 5.75 Å². The van der Waals surface area contributed by atoms with Crippen LogP contribution in [0.15, 0.2) is 41.1 Å². The van der Waals surface area contributed by atoms with Crippen LogP contribution in [0.5, 0.6) is 0 Å². The Balaban J connectivity index is 1.45. The molecule has 1 aromatic carbocycles. The number of fused-ring (bicyclic) bond motifs is 1. The average molecular weight is 402 g/mol. The highest BCUT2D eigenvalue weighted by Crippen LogP contribution is 2.23. The van der Waals surface area contributed by atoms with E-state index in [4.69, 9.17) is 4.52 Å². The van der Waals surface area contributed by atoms with Crippen molar-refractivity contribution in [3.05, 3.63) is 42.2 Å². The number of piperazine rings is 1. The van der Waals surface area contributed by atoms with Gasteiger partial charge >= 0.3 is 0 Å². The van der Waals surface area contributed by atoms with Gasteiger partial charge in [0.2, 0.25) is 10.0 Å². The van der Waals surface area contributed by atoms with E-state index in [0.29, 0.717) is 37.5 Å². The van der Waals surface area contributed by atoms with Crippen LogP contribution < -0.4 is 9.80 Å². The third-order valence-electron chi connectivity index (χ3n) is 4.87. The van der Waals surface area contributed by atoms with Crippen LogP contribution >= 0.6 is 0 Å². The molecule has 3 heterocycles. The van der Waals surface area contributed by atoms with Gasteiger partial charge in [-0.15, -0.1) is 5.10 Å². The maximum absolute atomic E-state index is 12.9. The van der Waals surface area contributed by atoms with Crippen molar-refractivity contribution in [2.24, 2.45) is 0 Å². The van der Waals surface area contributed by atoms with Gasteiger partial charge in [-0.05, 0) is 12.1 Å². The van der Waals surface area contributed by atoms with E-state index in [1.54, 1.807) is 12.3 Å². The summed E-state index contributed by atoms with van der Waals surface area (Å²) >= 11 is 0. The third-order valence-corrected chi connectivity index (χ3v) is 6.66. The molecule has 0 N–H and O–H groups in total. The standard InChI is InChI=1S/C18H22N6O3S/c1-22(2)14-11-18(20-19-12-14)23-7-9-24(10-8-23)28(25,26)13-16-15-5-3-4-6-17(15)27-21-16/h3-6,11-12H,7-10,13H2,1-2H3. The summed E-state index contributed by atoms with van der Waals surface area (Å²) in [7, 11) is 0.402. The largest absolute Gasteiger partial charge is 0.376 e. The molecule has 1 saturated heterocycles. The molecule has 2 aromatic heterocycles. The average Bonchev–Trinajstić information content (AvgIpc) is 3.10. The van der Waals surface area contributed by atoms with Gasteiger partial charge in [0.15, 0.2) is 11.4 Å². The molecule has 0 spiro atoms. The summed E-state index contributed by atoms with van der Waals surface area (Å²) in [6.45, 7) is 1.91. The molecule has 0 bridgehead atoms. The molecule has 0 aliphatic carbocycles. The summed E-state index contributed by atoms with van der Waals surface area (Å²) in [5, 5.41) is 12.9. The van der Waals surface area contributed by atoms with Gasteiger partial charge in [-0.1, -0.05) is 17.3 Å². The van der Waals surface area contributed by atoms with Crippen molar-refractivity contribution >= 4 is 32.5 Å². The third kappa shape index (κ3) is 3.65. The number of sulfonamides is 1. The van der Waals surface area contributed by atoms with Gasteiger partial charge in [0.1, 0.15) is 11.4 Å². The molecule has 148 valence electrons. The maximum Gasteiger partial charge on any atom is 0.220 e. The zero-order valence-electron chi connectivity index (χ0n) is 15.8. The fourth-order valence-corrected chi connectivity index (χ4v) is 4.70. The Morgan fingerprint density at radius 1 is 1.14 bits per heavy atom. The van der Waals surface area contributed by atoms with Crippen LogP contribution in [0.4, 0.5) is 11.5 Å². The molecule has 4 rings (SSSR count). The van der Waals surface area contributed by atoms with Crippen molar-refractivity contribution in [2.75, 3.05) is 50.1 Å². The van der Waals surface area contributed by atoms with E-state index in [9.17, 15) is 8.42 Å². The number of aromatic nitrogens is 3. The first-order valence-electron chi connectivity index (χ1n) is 9.00. The van der Waals surface area contributed by atoms with Crippen LogP contribution in [0.2, 0.25) is 0 Å². The van der Waals surface area contributed by atoms with Gasteiger partial charge in [-0.25, -0.2) is 8.42 Å². The second-order valence-corrected chi connectivity index (χ2v) is 8.90. The van der Waals surface area contributed by atoms with E-state index >= 15 is 0 Å². The molecule has 0 radical (unpaired) electrons. The monoisotopic (exact) mass is 402 g/mol. The topological polar surface area (TPSA) is 95.7 Å². The van der Waals surface area contributed by atoms with E-state index in [1.807, 2.05) is 43.3 Å². The predicted octanol–water partition coefficient (Wildman–Crippen LogP) is 1.34. The summed E-state index contributed by atoms with van der Waals surface area (Å²) in [6, 6.07) is 9.24. The van der Waals surface area contributed by atoms with Gasteiger partial charge < -0.3 is 14.3 Å². The fraction of sp³-hybridized carbons (Fsp3) is 0.389. The molecule has 3 aromatic rings. The number of hydrogen-bond donors (Lipinski definition) is 0. The quantitative estimate of drug-likeness (QED) is 0.631. The maximum atomic E-state index is 12.9. The molecule has 1 aliphatic rings. The number of benzene rings is 1. The van der Waals surface area contributed by atoms with Gasteiger partial charge in [0, 0.05) is 51.7 Å². The predicted molar refractivity (Wildman–Crippen MR) is 107 cm³/mol. The van der Waals surface area contributed by atoms with Crippen LogP contribution in [0.3, 0.4) is 0 Å². The number of nitrogens with zero attached hydrogens (tertiary/aromatic N) is 6. The second kappa shape index (κ2) is 7.36. The Morgan fingerprint density at radius 2 is 1.89 bits per heavy atom. The molecule has 1 fully saturated rings. The molecular weight excluding hydrogens is 380 g/mol. The summed E-state index contributed by atoms with van der Waals surface area (Å²) < 4.78 is 32.5. The number of para-hydroxylation sites is 1. The highest BCUT2D eigenvalue weighted by atomic mass is 32.2. The van der Waals surface area contributed by atoms with Crippen LogP contribution in [0.1, 0.15) is 5.69 Å². The Labute approximate surface area is 163 Å². The minimum absolute atomic E-state index is 0.167. The van der Waals surface area contributed by atoms with Crippen molar-refractivity contribution in [3.8, 4) is 0 Å². The lowest BCUT2D eigenvalue weighted by Gasteiger charge is -2.34. The van der Waals surface area contributed by atoms with E-state index in [0.717, 1.165) is 16.9 Å². The first-order chi connectivity index (χ1) is 13.4. The molecule has 28 heavy (non-hydrogen) atoms. The molecule has 0 saturated carbocycles. The molecule has 9 nitrogen and oxygen atoms in total. The van der Waals surface area contributed by atoms with Crippen molar-refractivity contribution < 1.29 is 12.9 Å². The minimum Gasteiger partial charge on any atom is -0.376 e. The Hall–Kier alpha value is -2.72. The van der Waals surface area contributed by atoms with Gasteiger partial charge in [0.25, 0.3) is 0 Å². The van der Waals surface area contributed by atoms with Gasteiger partial charge in [-0.2, -0.15) is 9.40 Å². The Kier molecular flexibility index (Phi) is 4.90. The van der Waals surface area contributed by atoms with Crippen LogP contribution in [0.25, 0.3) is 11.0 Å². The number of hydrogen-bond acceptors (Lipinski definition) is 8. The fourth-order valence-electron chi connectivity index (χ4n) is 3.25. The number of rotatable bonds is 5. The lowest BCUT2D eigenvalue weighted by molar-refractivity contribution is 0.381. The van der Waals surface area contributed by atoms with Gasteiger partial charge in [0.05, 0.1) is 11.9 Å². The van der Waals surface area contributed by atoms with Crippen molar-refractivity contribution in [1.29, 1.82) is 0 Å². The van der Waals surface area contributed by atoms with Crippen LogP contribution in [0, 0.1) is 0 Å². The lowest BCUT2D eigenvalue weighted by atomic mass is 10.2. The SMILES string of the molecule is CN(C)c1cnnc(N2CCN(S(=O)(=O)Cc3noc4ccccc34)CC2)c1. The second-order valence-electron chi connectivity index (χ2n) is 6.93. The summed E-state index contributed by atoms with van der Waals surface area (Å²) in [6.07, 6.45) is 1.70. The number of anilines is 2. The molecule has 0 atom stereocenters. The summed E-state index contributed by atoms with van der Waals surface area (Å²) in [5.74, 6) is 0.589. The molecule has 0 unspecified atom stereocenters. The van der Waals surface area contributed by atoms with Crippen molar-refractivity contribution in [3.63, 3.8) is 0 Å². The zero-order valence-corrected chi connectivity index (χ0v) is 16.6. The molecule has 1 aliphatic heterocycles. The zero-order chi connectivity index (χ0) is 19.7. The van der Waals surface area contributed by atoms with Crippen LogP contribution in [-0.4, -0.2) is 68.4 Å². The lowest BCUT2D eigenvalue weighted by Crippen LogP contribution is -2.49. The van der Waals surface area contributed by atoms with Gasteiger partial charge in [-0.3, -0.25) is 0 Å². The molecule has 10 heteroatoms. The van der Waals surface area contributed by atoms with Crippen molar-refractivity contribution in [1.82, 2.24) is 19.7 Å². The highest BCUT2D eigenvalue weighted by Gasteiger charge is 2.29. The van der Waals surface area contributed by atoms with E-state index in [-0.39, 0.29) is 5.75 Å². The first-order valence-corrected chi connectivity index (χ1v) is 10.6. The van der Waals surface area contributed by atoms with Crippen LogP contribution in [-0.2, 0) is 15.8 Å². The molecule has 0 amide bonds.